The molecule has 0 spiro atoms. The molecule has 0 amide bonds. The summed E-state index contributed by atoms with van der Waals surface area (Å²) in [6.07, 6.45) is -2.09. The molecule has 1 rings (SSSR count). The van der Waals surface area contributed by atoms with E-state index in [0.29, 0.717) is 0 Å². The molecule has 0 saturated carbocycles. The van der Waals surface area contributed by atoms with E-state index in [-0.39, 0.29) is 12.3 Å². The summed E-state index contributed by atoms with van der Waals surface area (Å²) in [5.41, 5.74) is -1.78. The number of halogens is 3. The van der Waals surface area contributed by atoms with Crippen molar-refractivity contribution in [2.45, 2.75) is 32.2 Å². The molecule has 1 aromatic heterocycles. The highest BCUT2D eigenvalue weighted by molar-refractivity contribution is 5.00. The molecule has 80 valence electrons. The molecule has 0 saturated heterocycles. The molecule has 14 heavy (non-hydrogen) atoms. The molecule has 0 unspecified atom stereocenters. The Morgan fingerprint density at radius 2 is 2.00 bits per heavy atom. The molecule has 0 fully saturated rings. The van der Waals surface area contributed by atoms with Gasteiger partial charge in [-0.05, 0) is 13.8 Å². The van der Waals surface area contributed by atoms with Gasteiger partial charge in [0.05, 0.1) is 18.6 Å². The second kappa shape index (κ2) is 3.27. The molecule has 0 radical (unpaired) electrons. The van der Waals surface area contributed by atoms with Crippen LogP contribution in [0.2, 0.25) is 0 Å². The van der Waals surface area contributed by atoms with Gasteiger partial charge in [-0.15, -0.1) is 0 Å². The summed E-state index contributed by atoms with van der Waals surface area (Å²) in [7, 11) is 0. The van der Waals surface area contributed by atoms with E-state index < -0.39 is 11.7 Å². The average Bonchev–Trinajstić information content (AvgIpc) is 2.49. The largest absolute Gasteiger partial charge is 0.411 e. The zero-order valence-corrected chi connectivity index (χ0v) is 7.84. The first kappa shape index (κ1) is 11.0. The second-order valence-electron chi connectivity index (χ2n) is 3.49. The predicted octanol–water partition coefficient (Wildman–Crippen LogP) is 1.67. The molecular weight excluding hydrogens is 197 g/mol. The normalized spacial score (nSPS) is 13.3. The number of alkyl halides is 3. The van der Waals surface area contributed by atoms with E-state index in [1.165, 1.54) is 6.20 Å². The first-order valence-corrected chi connectivity index (χ1v) is 4.00. The van der Waals surface area contributed by atoms with Gasteiger partial charge in [-0.1, -0.05) is 0 Å². The van der Waals surface area contributed by atoms with E-state index in [1.54, 1.807) is 0 Å². The topological polar surface area (TPSA) is 38.0 Å². The van der Waals surface area contributed by atoms with Crippen LogP contribution in [0, 0.1) is 0 Å². The summed E-state index contributed by atoms with van der Waals surface area (Å²) < 4.78 is 38.5. The molecule has 0 atom stereocenters. The molecule has 1 N–H and O–H groups in total. The van der Waals surface area contributed by atoms with Crippen molar-refractivity contribution in [2.24, 2.45) is 0 Å². The van der Waals surface area contributed by atoms with Gasteiger partial charge in [-0.25, -0.2) is 4.98 Å². The summed E-state index contributed by atoms with van der Waals surface area (Å²) >= 11 is 0. The minimum absolute atomic E-state index is 0.224. The molecule has 1 heterocycles. The Labute approximate surface area is 79.2 Å². The van der Waals surface area contributed by atoms with Crippen molar-refractivity contribution in [1.82, 2.24) is 9.55 Å². The van der Waals surface area contributed by atoms with Crippen LogP contribution in [0.25, 0.3) is 0 Å². The van der Waals surface area contributed by atoms with Gasteiger partial charge in [-0.3, -0.25) is 0 Å². The van der Waals surface area contributed by atoms with Gasteiger partial charge in [0.25, 0.3) is 0 Å². The third-order valence-electron chi connectivity index (χ3n) is 2.14. The third-order valence-corrected chi connectivity index (χ3v) is 2.14. The Morgan fingerprint density at radius 3 is 2.36 bits per heavy atom. The molecule has 0 aromatic carbocycles. The van der Waals surface area contributed by atoms with E-state index >= 15 is 0 Å². The van der Waals surface area contributed by atoms with Crippen molar-refractivity contribution in [3.63, 3.8) is 0 Å². The second-order valence-corrected chi connectivity index (χ2v) is 3.49. The third kappa shape index (κ3) is 1.75. The van der Waals surface area contributed by atoms with Gasteiger partial charge >= 0.3 is 6.18 Å². The van der Waals surface area contributed by atoms with Gasteiger partial charge in [0.15, 0.2) is 0 Å². The summed E-state index contributed by atoms with van der Waals surface area (Å²) in [6.45, 7) is 1.74. The lowest BCUT2D eigenvalue weighted by atomic mass is 10.1. The average molecular weight is 208 g/mol. The van der Waals surface area contributed by atoms with Crippen molar-refractivity contribution >= 4 is 0 Å². The van der Waals surface area contributed by atoms with Crippen LogP contribution >= 0.6 is 0 Å². The maximum absolute atomic E-state index is 12.5. The molecule has 3 nitrogen and oxygen atoms in total. The number of rotatable bonds is 2. The van der Waals surface area contributed by atoms with E-state index in [4.69, 9.17) is 5.11 Å². The molecule has 6 heteroatoms. The van der Waals surface area contributed by atoms with Crippen LogP contribution in [0.5, 0.6) is 0 Å². The quantitative estimate of drug-likeness (QED) is 0.802. The SMILES string of the molecule is CC(C)(n1cnc(CO)c1)C(F)(F)F. The van der Waals surface area contributed by atoms with Crippen LogP contribution in [0.4, 0.5) is 13.2 Å². The maximum Gasteiger partial charge on any atom is 0.411 e. The number of aliphatic hydroxyl groups excluding tert-OH is 1. The summed E-state index contributed by atoms with van der Waals surface area (Å²) in [5.74, 6) is 0. The fourth-order valence-corrected chi connectivity index (χ4v) is 0.897. The number of imidazole rings is 1. The number of aliphatic hydroxyl groups is 1. The lowest BCUT2D eigenvalue weighted by Crippen LogP contribution is -2.41. The Bertz CT molecular complexity index is 317. The van der Waals surface area contributed by atoms with Crippen LogP contribution in [0.3, 0.4) is 0 Å². The van der Waals surface area contributed by atoms with Crippen LogP contribution in [0.1, 0.15) is 19.5 Å². The van der Waals surface area contributed by atoms with Gasteiger partial charge in [0.2, 0.25) is 0 Å². The van der Waals surface area contributed by atoms with E-state index in [0.717, 1.165) is 24.7 Å². The fraction of sp³-hybridized carbons (Fsp3) is 0.625. The van der Waals surface area contributed by atoms with Crippen molar-refractivity contribution in [3.05, 3.63) is 18.2 Å². The molecule has 0 aliphatic heterocycles. The number of hydrogen-bond donors (Lipinski definition) is 1. The fourth-order valence-electron chi connectivity index (χ4n) is 0.897. The van der Waals surface area contributed by atoms with Crippen LogP contribution in [0.15, 0.2) is 12.5 Å². The number of hydrogen-bond acceptors (Lipinski definition) is 2. The molecule has 0 aliphatic rings. The maximum atomic E-state index is 12.5. The smallest absolute Gasteiger partial charge is 0.390 e. The van der Waals surface area contributed by atoms with Crippen LogP contribution < -0.4 is 0 Å². The van der Waals surface area contributed by atoms with Crippen molar-refractivity contribution in [3.8, 4) is 0 Å². The van der Waals surface area contributed by atoms with Crippen molar-refractivity contribution in [1.29, 1.82) is 0 Å². The Balaban J connectivity index is 3.04. The van der Waals surface area contributed by atoms with Crippen LogP contribution in [-0.2, 0) is 12.1 Å². The summed E-state index contributed by atoms with van der Waals surface area (Å²) in [4.78, 5) is 3.63. The highest BCUT2D eigenvalue weighted by Crippen LogP contribution is 2.35. The zero-order valence-electron chi connectivity index (χ0n) is 7.84. The standard InChI is InChI=1S/C8H11F3N2O/c1-7(2,8(9,10)11)13-3-6(4-14)12-5-13/h3,5,14H,4H2,1-2H3. The van der Waals surface area contributed by atoms with E-state index in [9.17, 15) is 13.2 Å². The monoisotopic (exact) mass is 208 g/mol. The molecular formula is C8H11F3N2O. The first-order chi connectivity index (χ1) is 6.29. The minimum atomic E-state index is -4.35. The molecule has 1 aromatic rings. The predicted molar refractivity (Wildman–Crippen MR) is 43.5 cm³/mol. The lowest BCUT2D eigenvalue weighted by molar-refractivity contribution is -0.202. The Kier molecular flexibility index (Phi) is 2.58. The van der Waals surface area contributed by atoms with Crippen molar-refractivity contribution < 1.29 is 18.3 Å². The van der Waals surface area contributed by atoms with Gasteiger partial charge in [0.1, 0.15) is 5.54 Å². The Hall–Kier alpha value is -1.04. The highest BCUT2D eigenvalue weighted by Gasteiger charge is 2.48. The van der Waals surface area contributed by atoms with E-state index in [1.807, 2.05) is 0 Å². The van der Waals surface area contributed by atoms with Crippen LogP contribution in [-0.4, -0.2) is 20.8 Å². The number of nitrogens with zero attached hydrogens (tertiary/aromatic N) is 2. The van der Waals surface area contributed by atoms with Crippen molar-refractivity contribution in [2.75, 3.05) is 0 Å². The lowest BCUT2D eigenvalue weighted by Gasteiger charge is -2.28. The summed E-state index contributed by atoms with van der Waals surface area (Å²) in [5, 5.41) is 8.66. The zero-order chi connectivity index (χ0) is 11.0. The van der Waals surface area contributed by atoms with Gasteiger partial charge in [0, 0.05) is 6.20 Å². The first-order valence-electron chi connectivity index (χ1n) is 4.00. The van der Waals surface area contributed by atoms with Gasteiger partial charge in [-0.2, -0.15) is 13.2 Å². The summed E-state index contributed by atoms with van der Waals surface area (Å²) in [6, 6.07) is 0. The molecule has 0 aliphatic carbocycles. The van der Waals surface area contributed by atoms with E-state index in [2.05, 4.69) is 4.98 Å². The molecule has 0 bridgehead atoms. The van der Waals surface area contributed by atoms with Gasteiger partial charge < -0.3 is 9.67 Å². The number of aromatic nitrogens is 2. The Morgan fingerprint density at radius 1 is 1.43 bits per heavy atom. The minimum Gasteiger partial charge on any atom is -0.390 e. The highest BCUT2D eigenvalue weighted by atomic mass is 19.4.